The van der Waals surface area contributed by atoms with Gasteiger partial charge in [-0.2, -0.15) is 13.2 Å². The van der Waals surface area contributed by atoms with Crippen molar-refractivity contribution >= 4 is 0 Å². The molecular formula is C14H18F3NO. The molecule has 0 aliphatic carbocycles. The zero-order valence-corrected chi connectivity index (χ0v) is 10.7. The van der Waals surface area contributed by atoms with Gasteiger partial charge in [0, 0.05) is 12.5 Å². The van der Waals surface area contributed by atoms with E-state index < -0.39 is 17.7 Å². The van der Waals surface area contributed by atoms with Crippen molar-refractivity contribution in [2.45, 2.75) is 24.9 Å². The summed E-state index contributed by atoms with van der Waals surface area (Å²) in [6, 6.07) is 5.54. The highest BCUT2D eigenvalue weighted by atomic mass is 19.4. The first-order valence-corrected chi connectivity index (χ1v) is 6.51. The lowest BCUT2D eigenvalue weighted by atomic mass is 9.94. The minimum atomic E-state index is -4.37. The van der Waals surface area contributed by atoms with Crippen molar-refractivity contribution in [2.24, 2.45) is 0 Å². The second kappa shape index (κ2) is 5.92. The minimum absolute atomic E-state index is 0.199. The van der Waals surface area contributed by atoms with E-state index in [1.807, 2.05) is 0 Å². The zero-order chi connectivity index (χ0) is 13.9. The van der Waals surface area contributed by atoms with Gasteiger partial charge in [0.25, 0.3) is 0 Å². The second-order valence-electron chi connectivity index (χ2n) is 4.97. The number of hydrogen-bond donors (Lipinski definition) is 1. The van der Waals surface area contributed by atoms with Crippen LogP contribution < -0.4 is 0 Å². The Morgan fingerprint density at radius 1 is 1.16 bits per heavy atom. The Labute approximate surface area is 110 Å². The van der Waals surface area contributed by atoms with Gasteiger partial charge in [0.1, 0.15) is 0 Å². The van der Waals surface area contributed by atoms with Gasteiger partial charge in [-0.15, -0.1) is 0 Å². The summed E-state index contributed by atoms with van der Waals surface area (Å²) >= 11 is 0. The molecule has 1 N–H and O–H groups in total. The number of aliphatic hydroxyl groups excluding tert-OH is 1. The lowest BCUT2D eigenvalue weighted by molar-refractivity contribution is -0.138. The van der Waals surface area contributed by atoms with Gasteiger partial charge in [0.05, 0.1) is 12.2 Å². The summed E-state index contributed by atoms with van der Waals surface area (Å²) in [7, 11) is 0. The highest BCUT2D eigenvalue weighted by Gasteiger charge is 2.35. The number of alkyl halides is 3. The Bertz CT molecular complexity index is 413. The highest BCUT2D eigenvalue weighted by molar-refractivity contribution is 5.33. The number of benzene rings is 1. The Morgan fingerprint density at radius 3 is 2.37 bits per heavy atom. The lowest BCUT2D eigenvalue weighted by Crippen LogP contribution is -2.28. The molecule has 1 atom stereocenters. The van der Waals surface area contributed by atoms with E-state index in [0.29, 0.717) is 6.54 Å². The quantitative estimate of drug-likeness (QED) is 0.912. The maximum Gasteiger partial charge on any atom is 0.416 e. The van der Waals surface area contributed by atoms with E-state index in [9.17, 15) is 18.3 Å². The molecule has 1 saturated heterocycles. The first-order chi connectivity index (χ1) is 9.02. The van der Waals surface area contributed by atoms with Crippen molar-refractivity contribution in [1.82, 2.24) is 4.90 Å². The summed E-state index contributed by atoms with van der Waals surface area (Å²) < 4.78 is 38.9. The molecule has 0 bridgehead atoms. The summed E-state index contributed by atoms with van der Waals surface area (Å²) in [6.07, 6.45) is -2.20. The number of halogens is 3. The molecule has 0 spiro atoms. The molecule has 19 heavy (non-hydrogen) atoms. The van der Waals surface area contributed by atoms with Crippen LogP contribution in [-0.2, 0) is 6.18 Å². The van der Waals surface area contributed by atoms with Crippen LogP contribution in [0, 0.1) is 0 Å². The molecule has 0 radical (unpaired) electrons. The number of rotatable bonds is 4. The monoisotopic (exact) mass is 273 g/mol. The number of likely N-dealkylation sites (tertiary alicyclic amines) is 1. The van der Waals surface area contributed by atoms with Crippen LogP contribution in [0.15, 0.2) is 24.3 Å². The molecule has 2 nitrogen and oxygen atoms in total. The van der Waals surface area contributed by atoms with Crippen LogP contribution in [0.5, 0.6) is 0 Å². The third kappa shape index (κ3) is 3.48. The van der Waals surface area contributed by atoms with Gasteiger partial charge in [-0.25, -0.2) is 0 Å². The van der Waals surface area contributed by atoms with Gasteiger partial charge >= 0.3 is 6.18 Å². The number of hydrogen-bond acceptors (Lipinski definition) is 2. The van der Waals surface area contributed by atoms with Crippen molar-refractivity contribution in [2.75, 3.05) is 26.2 Å². The molecule has 1 heterocycles. The van der Waals surface area contributed by atoms with Gasteiger partial charge in [0.2, 0.25) is 0 Å². The van der Waals surface area contributed by atoms with E-state index in [-0.39, 0.29) is 12.2 Å². The average Bonchev–Trinajstić information content (AvgIpc) is 2.88. The summed E-state index contributed by atoms with van der Waals surface area (Å²) in [6.45, 7) is 2.04. The maximum atomic E-state index is 13.0. The normalized spacial score (nSPS) is 18.7. The molecule has 0 amide bonds. The van der Waals surface area contributed by atoms with Crippen molar-refractivity contribution in [1.29, 1.82) is 0 Å². The van der Waals surface area contributed by atoms with E-state index >= 15 is 0 Å². The van der Waals surface area contributed by atoms with Crippen LogP contribution in [0.4, 0.5) is 13.2 Å². The SMILES string of the molecule is OCC(CN1CCCC1)c1ccccc1C(F)(F)F. The standard InChI is InChI=1S/C14H18F3NO/c15-14(16,17)13-6-2-1-5-12(13)11(10-19)9-18-7-3-4-8-18/h1-2,5-6,11,19H,3-4,7-10H2. The molecule has 1 aromatic carbocycles. The van der Waals surface area contributed by atoms with E-state index in [4.69, 9.17) is 0 Å². The van der Waals surface area contributed by atoms with Gasteiger partial charge in [-0.05, 0) is 37.6 Å². The fourth-order valence-corrected chi connectivity index (χ4v) is 2.64. The van der Waals surface area contributed by atoms with E-state index in [1.165, 1.54) is 12.1 Å². The van der Waals surface area contributed by atoms with E-state index in [2.05, 4.69) is 4.90 Å². The molecule has 1 aliphatic rings. The van der Waals surface area contributed by atoms with Crippen molar-refractivity contribution < 1.29 is 18.3 Å². The van der Waals surface area contributed by atoms with E-state index in [0.717, 1.165) is 32.0 Å². The van der Waals surface area contributed by atoms with Crippen molar-refractivity contribution in [3.63, 3.8) is 0 Å². The zero-order valence-electron chi connectivity index (χ0n) is 10.7. The Morgan fingerprint density at radius 2 is 1.79 bits per heavy atom. The minimum Gasteiger partial charge on any atom is -0.396 e. The lowest BCUT2D eigenvalue weighted by Gasteiger charge is -2.24. The predicted octanol–water partition coefficient (Wildman–Crippen LogP) is 2.88. The maximum absolute atomic E-state index is 13.0. The van der Waals surface area contributed by atoms with Crippen LogP contribution in [0.25, 0.3) is 0 Å². The smallest absolute Gasteiger partial charge is 0.396 e. The highest BCUT2D eigenvalue weighted by Crippen LogP contribution is 2.35. The van der Waals surface area contributed by atoms with Gasteiger partial charge < -0.3 is 10.0 Å². The van der Waals surface area contributed by atoms with Crippen LogP contribution in [-0.4, -0.2) is 36.2 Å². The van der Waals surface area contributed by atoms with Gasteiger partial charge in [-0.1, -0.05) is 18.2 Å². The summed E-state index contributed by atoms with van der Waals surface area (Å²) in [5, 5.41) is 9.44. The third-order valence-corrected chi connectivity index (χ3v) is 3.60. The van der Waals surface area contributed by atoms with Crippen LogP contribution in [0.1, 0.15) is 29.9 Å². The Balaban J connectivity index is 2.22. The Kier molecular flexibility index (Phi) is 4.47. The number of aliphatic hydroxyl groups is 1. The van der Waals surface area contributed by atoms with E-state index in [1.54, 1.807) is 6.07 Å². The molecule has 1 fully saturated rings. The first kappa shape index (κ1) is 14.3. The van der Waals surface area contributed by atoms with Crippen molar-refractivity contribution in [3.05, 3.63) is 35.4 Å². The third-order valence-electron chi connectivity index (χ3n) is 3.60. The fourth-order valence-electron chi connectivity index (χ4n) is 2.64. The van der Waals surface area contributed by atoms with Crippen LogP contribution >= 0.6 is 0 Å². The van der Waals surface area contributed by atoms with Crippen molar-refractivity contribution in [3.8, 4) is 0 Å². The molecule has 0 aromatic heterocycles. The van der Waals surface area contributed by atoms with Crippen LogP contribution in [0.2, 0.25) is 0 Å². The molecule has 2 rings (SSSR count). The summed E-state index contributed by atoms with van der Waals surface area (Å²) in [4.78, 5) is 2.12. The molecule has 1 aliphatic heterocycles. The Hall–Kier alpha value is -1.07. The molecule has 5 heteroatoms. The molecule has 106 valence electrons. The van der Waals surface area contributed by atoms with Gasteiger partial charge in [0.15, 0.2) is 0 Å². The molecule has 1 aromatic rings. The largest absolute Gasteiger partial charge is 0.416 e. The fraction of sp³-hybridized carbons (Fsp3) is 0.571. The molecule has 1 unspecified atom stereocenters. The topological polar surface area (TPSA) is 23.5 Å². The molecular weight excluding hydrogens is 255 g/mol. The number of nitrogens with zero attached hydrogens (tertiary/aromatic N) is 1. The molecule has 0 saturated carbocycles. The predicted molar refractivity (Wildman–Crippen MR) is 66.9 cm³/mol. The first-order valence-electron chi connectivity index (χ1n) is 6.51. The second-order valence-corrected chi connectivity index (χ2v) is 4.97. The summed E-state index contributed by atoms with van der Waals surface area (Å²) in [5.41, 5.74) is -0.433. The average molecular weight is 273 g/mol. The van der Waals surface area contributed by atoms with Crippen LogP contribution in [0.3, 0.4) is 0 Å². The van der Waals surface area contributed by atoms with Gasteiger partial charge in [-0.3, -0.25) is 0 Å². The summed E-state index contributed by atoms with van der Waals surface area (Å²) in [5.74, 6) is -0.476.